The Bertz CT molecular complexity index is 839. The molecule has 148 valence electrons. The molecule has 0 atom stereocenters. The summed E-state index contributed by atoms with van der Waals surface area (Å²) in [4.78, 5) is 32.1. The first-order chi connectivity index (χ1) is 13.4. The van der Waals surface area contributed by atoms with Gasteiger partial charge in [0, 0.05) is 29.9 Å². The zero-order chi connectivity index (χ0) is 20.1. The van der Waals surface area contributed by atoms with Crippen LogP contribution in [0, 0.1) is 0 Å². The molecule has 0 saturated heterocycles. The average molecular weight is 399 g/mol. The molecule has 2 heterocycles. The van der Waals surface area contributed by atoms with E-state index >= 15 is 0 Å². The van der Waals surface area contributed by atoms with Gasteiger partial charge in [0.05, 0.1) is 17.7 Å². The van der Waals surface area contributed by atoms with Gasteiger partial charge >= 0.3 is 0 Å². The van der Waals surface area contributed by atoms with Crippen LogP contribution in [0.15, 0.2) is 46.8 Å². The molecule has 0 saturated carbocycles. The summed E-state index contributed by atoms with van der Waals surface area (Å²) in [6.45, 7) is 8.46. The Hall–Kier alpha value is -2.67. The SMILES string of the molecule is CCNC(=NCC(C)(C)c1cccs1)NCCN1C(=O)c2ccccc2C1=O. The molecule has 28 heavy (non-hydrogen) atoms. The minimum Gasteiger partial charge on any atom is -0.357 e. The van der Waals surface area contributed by atoms with Crippen LogP contribution >= 0.6 is 11.3 Å². The van der Waals surface area contributed by atoms with Crippen molar-refractivity contribution in [3.63, 3.8) is 0 Å². The Labute approximate surface area is 169 Å². The first-order valence-electron chi connectivity index (χ1n) is 9.45. The summed E-state index contributed by atoms with van der Waals surface area (Å²) in [6, 6.07) is 11.1. The van der Waals surface area contributed by atoms with E-state index in [1.165, 1.54) is 9.78 Å². The third-order valence-electron chi connectivity index (χ3n) is 4.67. The van der Waals surface area contributed by atoms with Crippen molar-refractivity contribution in [1.29, 1.82) is 0 Å². The Morgan fingerprint density at radius 2 is 1.75 bits per heavy atom. The quantitative estimate of drug-likeness (QED) is 0.427. The highest BCUT2D eigenvalue weighted by Crippen LogP contribution is 2.27. The maximum absolute atomic E-state index is 12.4. The molecule has 1 aromatic heterocycles. The Morgan fingerprint density at radius 3 is 2.32 bits per heavy atom. The second kappa shape index (κ2) is 8.56. The first kappa shape index (κ1) is 20.1. The summed E-state index contributed by atoms with van der Waals surface area (Å²) in [5, 5.41) is 8.52. The fourth-order valence-electron chi connectivity index (χ4n) is 3.09. The van der Waals surface area contributed by atoms with Crippen LogP contribution in [0.5, 0.6) is 0 Å². The van der Waals surface area contributed by atoms with E-state index in [0.717, 1.165) is 6.54 Å². The standard InChI is InChI=1S/C21H26N4O2S/c1-4-22-20(24-14-21(2,3)17-10-7-13-28-17)23-11-12-25-18(26)15-8-5-6-9-16(15)19(25)27/h5-10,13H,4,11-12,14H2,1-3H3,(H2,22,23,24). The third kappa shape index (κ3) is 4.25. The van der Waals surface area contributed by atoms with Crippen molar-refractivity contribution < 1.29 is 9.59 Å². The molecule has 0 aliphatic carbocycles. The van der Waals surface area contributed by atoms with E-state index in [0.29, 0.717) is 36.7 Å². The summed E-state index contributed by atoms with van der Waals surface area (Å²) < 4.78 is 0. The molecule has 1 aliphatic heterocycles. The summed E-state index contributed by atoms with van der Waals surface area (Å²) in [6.07, 6.45) is 0. The van der Waals surface area contributed by atoms with Gasteiger partial charge in [-0.1, -0.05) is 32.0 Å². The lowest BCUT2D eigenvalue weighted by molar-refractivity contribution is 0.0657. The largest absolute Gasteiger partial charge is 0.357 e. The lowest BCUT2D eigenvalue weighted by Gasteiger charge is -2.22. The van der Waals surface area contributed by atoms with Crippen LogP contribution < -0.4 is 10.6 Å². The molecule has 2 N–H and O–H groups in total. The van der Waals surface area contributed by atoms with Crippen molar-refractivity contribution in [3.05, 3.63) is 57.8 Å². The maximum Gasteiger partial charge on any atom is 0.261 e. The molecule has 0 radical (unpaired) electrons. The minimum atomic E-state index is -0.233. The van der Waals surface area contributed by atoms with Gasteiger partial charge in [-0.05, 0) is 30.5 Å². The number of benzene rings is 1. The number of fused-ring (bicyclic) bond motifs is 1. The second-order valence-electron chi connectivity index (χ2n) is 7.29. The summed E-state index contributed by atoms with van der Waals surface area (Å²) in [5.41, 5.74) is 0.899. The number of imide groups is 1. The van der Waals surface area contributed by atoms with Gasteiger partial charge in [0.25, 0.3) is 11.8 Å². The normalized spacial score (nSPS) is 14.4. The highest BCUT2D eigenvalue weighted by molar-refractivity contribution is 7.10. The molecular weight excluding hydrogens is 372 g/mol. The fraction of sp³-hybridized carbons (Fsp3) is 0.381. The number of carbonyl (C=O) groups excluding carboxylic acids is 2. The van der Waals surface area contributed by atoms with Gasteiger partial charge in [-0.25, -0.2) is 0 Å². The Kier molecular flexibility index (Phi) is 6.14. The molecule has 2 aromatic rings. The number of nitrogens with one attached hydrogen (secondary N) is 2. The molecule has 0 fully saturated rings. The fourth-order valence-corrected chi connectivity index (χ4v) is 3.93. The molecule has 0 spiro atoms. The molecule has 2 amide bonds. The highest BCUT2D eigenvalue weighted by atomic mass is 32.1. The van der Waals surface area contributed by atoms with Gasteiger partial charge in [0.15, 0.2) is 5.96 Å². The van der Waals surface area contributed by atoms with Crippen molar-refractivity contribution in [1.82, 2.24) is 15.5 Å². The van der Waals surface area contributed by atoms with Crippen LogP contribution in [0.4, 0.5) is 0 Å². The molecule has 0 bridgehead atoms. The zero-order valence-corrected chi connectivity index (χ0v) is 17.3. The molecule has 1 aromatic carbocycles. The van der Waals surface area contributed by atoms with E-state index in [9.17, 15) is 9.59 Å². The van der Waals surface area contributed by atoms with Gasteiger partial charge in [-0.2, -0.15) is 0 Å². The van der Waals surface area contributed by atoms with Gasteiger partial charge in [-0.3, -0.25) is 19.5 Å². The summed E-state index contributed by atoms with van der Waals surface area (Å²) >= 11 is 1.73. The van der Waals surface area contributed by atoms with E-state index < -0.39 is 0 Å². The Morgan fingerprint density at radius 1 is 1.07 bits per heavy atom. The van der Waals surface area contributed by atoms with E-state index in [-0.39, 0.29) is 17.2 Å². The smallest absolute Gasteiger partial charge is 0.261 e. The first-order valence-corrected chi connectivity index (χ1v) is 10.3. The van der Waals surface area contributed by atoms with Gasteiger partial charge < -0.3 is 10.6 Å². The number of nitrogens with zero attached hydrogens (tertiary/aromatic N) is 2. The van der Waals surface area contributed by atoms with Crippen molar-refractivity contribution in [2.45, 2.75) is 26.2 Å². The molecule has 0 unspecified atom stereocenters. The van der Waals surface area contributed by atoms with E-state index in [2.05, 4.69) is 42.0 Å². The van der Waals surface area contributed by atoms with Crippen LogP contribution in [0.3, 0.4) is 0 Å². The molecule has 6 nitrogen and oxygen atoms in total. The summed E-state index contributed by atoms with van der Waals surface area (Å²) in [5.74, 6) is 0.218. The molecule has 3 rings (SSSR count). The molecule has 1 aliphatic rings. The van der Waals surface area contributed by atoms with Gasteiger partial charge in [0.1, 0.15) is 0 Å². The molecular formula is C21H26N4O2S. The van der Waals surface area contributed by atoms with Crippen molar-refractivity contribution in [2.24, 2.45) is 4.99 Å². The predicted molar refractivity (Wildman–Crippen MR) is 113 cm³/mol. The topological polar surface area (TPSA) is 73.8 Å². The monoisotopic (exact) mass is 398 g/mol. The number of thiophene rings is 1. The average Bonchev–Trinajstić information content (AvgIpc) is 3.31. The number of rotatable bonds is 7. The van der Waals surface area contributed by atoms with Crippen LogP contribution in [-0.2, 0) is 5.41 Å². The van der Waals surface area contributed by atoms with Gasteiger partial charge in [-0.15, -0.1) is 11.3 Å². The van der Waals surface area contributed by atoms with Crippen molar-refractivity contribution >= 4 is 29.1 Å². The van der Waals surface area contributed by atoms with E-state index in [1.54, 1.807) is 35.6 Å². The predicted octanol–water partition coefficient (Wildman–Crippen LogP) is 2.88. The lowest BCUT2D eigenvalue weighted by atomic mass is 9.92. The number of aliphatic imine (C=N–C) groups is 1. The lowest BCUT2D eigenvalue weighted by Crippen LogP contribution is -2.43. The number of guanidine groups is 1. The number of amides is 2. The van der Waals surface area contributed by atoms with Gasteiger partial charge in [0.2, 0.25) is 0 Å². The molecule has 7 heteroatoms. The second-order valence-corrected chi connectivity index (χ2v) is 8.24. The van der Waals surface area contributed by atoms with Crippen molar-refractivity contribution in [2.75, 3.05) is 26.2 Å². The van der Waals surface area contributed by atoms with Crippen LogP contribution in [-0.4, -0.2) is 48.9 Å². The number of hydrogen-bond acceptors (Lipinski definition) is 4. The third-order valence-corrected chi connectivity index (χ3v) is 5.91. The minimum absolute atomic E-state index is 0.0565. The van der Waals surface area contributed by atoms with Crippen LogP contribution in [0.2, 0.25) is 0 Å². The highest BCUT2D eigenvalue weighted by Gasteiger charge is 2.34. The van der Waals surface area contributed by atoms with Crippen molar-refractivity contribution in [3.8, 4) is 0 Å². The van der Waals surface area contributed by atoms with E-state index in [1.807, 2.05) is 6.92 Å². The Balaban J connectivity index is 1.59. The van der Waals surface area contributed by atoms with Crippen LogP contribution in [0.1, 0.15) is 46.4 Å². The van der Waals surface area contributed by atoms with Crippen LogP contribution in [0.25, 0.3) is 0 Å². The number of carbonyl (C=O) groups is 2. The summed E-state index contributed by atoms with van der Waals surface area (Å²) in [7, 11) is 0. The maximum atomic E-state index is 12.4. The van der Waals surface area contributed by atoms with E-state index in [4.69, 9.17) is 4.99 Å². The number of hydrogen-bond donors (Lipinski definition) is 2. The zero-order valence-electron chi connectivity index (χ0n) is 16.5.